The van der Waals surface area contributed by atoms with Crippen LogP contribution in [0.2, 0.25) is 25.7 Å². The number of fused-ring (bicyclic) bond motifs is 1. The van der Waals surface area contributed by atoms with Crippen molar-refractivity contribution in [3.63, 3.8) is 0 Å². The van der Waals surface area contributed by atoms with Gasteiger partial charge in [0, 0.05) is 33.3 Å². The van der Waals surface area contributed by atoms with Crippen LogP contribution in [0.1, 0.15) is 38.1 Å². The number of nitriles is 1. The van der Waals surface area contributed by atoms with E-state index in [-0.39, 0.29) is 36.4 Å². The Kier molecular flexibility index (Phi) is 7.95. The minimum atomic E-state index is -1.23. The van der Waals surface area contributed by atoms with E-state index in [2.05, 4.69) is 41.3 Å². The fraction of sp³-hybridized carbons (Fsp3) is 0.640. The molecule has 10 nitrogen and oxygen atoms in total. The van der Waals surface area contributed by atoms with Gasteiger partial charge in [-0.25, -0.2) is 4.98 Å². The summed E-state index contributed by atoms with van der Waals surface area (Å²) in [4.78, 5) is 43.3. The number of ether oxygens (including phenoxy) is 1. The van der Waals surface area contributed by atoms with Crippen molar-refractivity contribution in [2.24, 2.45) is 11.8 Å². The molecule has 11 heteroatoms. The van der Waals surface area contributed by atoms with Crippen LogP contribution in [0, 0.1) is 23.2 Å². The lowest BCUT2D eigenvalue weighted by molar-refractivity contribution is -0.126. The Morgan fingerprint density at radius 1 is 1.31 bits per heavy atom. The molecule has 2 N–H and O–H groups in total. The van der Waals surface area contributed by atoms with Gasteiger partial charge in [0.1, 0.15) is 24.3 Å². The van der Waals surface area contributed by atoms with E-state index in [0.717, 1.165) is 18.9 Å². The Labute approximate surface area is 212 Å². The molecule has 0 radical (unpaired) electrons. The Bertz CT molecular complexity index is 1210. The Morgan fingerprint density at radius 2 is 2.08 bits per heavy atom. The number of hydrogen-bond acceptors (Lipinski definition) is 6. The number of carbonyl (C=O) groups is 2. The average Bonchev–Trinajstić information content (AvgIpc) is 3.41. The third-order valence-electron chi connectivity index (χ3n) is 6.97. The summed E-state index contributed by atoms with van der Waals surface area (Å²) in [7, 11) is -1.23. The molecule has 1 aliphatic heterocycles. The zero-order valence-corrected chi connectivity index (χ0v) is 22.3. The maximum Gasteiger partial charge on any atom is 0.277 e. The van der Waals surface area contributed by atoms with Crippen LogP contribution in [0.3, 0.4) is 0 Å². The molecule has 3 heterocycles. The topological polar surface area (TPSA) is 131 Å². The number of amides is 2. The van der Waals surface area contributed by atoms with Crippen LogP contribution in [-0.2, 0) is 21.1 Å². The van der Waals surface area contributed by atoms with E-state index in [0.29, 0.717) is 42.9 Å². The molecule has 1 unspecified atom stereocenters. The summed E-state index contributed by atoms with van der Waals surface area (Å²) >= 11 is 0. The summed E-state index contributed by atoms with van der Waals surface area (Å²) in [5.74, 6) is -0.364. The fourth-order valence-electron chi connectivity index (χ4n) is 4.56. The van der Waals surface area contributed by atoms with Gasteiger partial charge in [-0.05, 0) is 37.3 Å². The molecule has 0 aromatic carbocycles. The molecule has 36 heavy (non-hydrogen) atoms. The van der Waals surface area contributed by atoms with Gasteiger partial charge in [-0.3, -0.25) is 14.4 Å². The lowest BCUT2D eigenvalue weighted by Crippen LogP contribution is -2.43. The Morgan fingerprint density at radius 3 is 2.72 bits per heavy atom. The van der Waals surface area contributed by atoms with Gasteiger partial charge >= 0.3 is 0 Å². The molecular weight excluding hydrogens is 476 g/mol. The van der Waals surface area contributed by atoms with Crippen LogP contribution in [0.5, 0.6) is 0 Å². The van der Waals surface area contributed by atoms with E-state index in [1.807, 2.05) is 0 Å². The van der Waals surface area contributed by atoms with Gasteiger partial charge in [0.25, 0.3) is 5.56 Å². The monoisotopic (exact) mass is 512 g/mol. The molecule has 0 bridgehead atoms. The molecule has 2 aliphatic rings. The van der Waals surface area contributed by atoms with Crippen molar-refractivity contribution in [1.29, 1.82) is 5.26 Å². The van der Waals surface area contributed by atoms with Crippen LogP contribution in [-0.4, -0.2) is 53.2 Å². The van der Waals surface area contributed by atoms with Crippen LogP contribution < -0.4 is 16.2 Å². The van der Waals surface area contributed by atoms with Crippen molar-refractivity contribution < 1.29 is 14.3 Å². The normalized spacial score (nSPS) is 19.6. The van der Waals surface area contributed by atoms with Crippen molar-refractivity contribution in [1.82, 2.24) is 24.8 Å². The minimum absolute atomic E-state index is 0.0824. The number of hydrogen-bond donors (Lipinski definition) is 2. The molecule has 0 spiro atoms. The summed E-state index contributed by atoms with van der Waals surface area (Å²) in [5, 5.41) is 15.2. The first-order valence-electron chi connectivity index (χ1n) is 12.8. The van der Waals surface area contributed by atoms with Crippen molar-refractivity contribution >= 4 is 30.9 Å². The van der Waals surface area contributed by atoms with E-state index >= 15 is 0 Å². The Balaban J connectivity index is 1.53. The highest BCUT2D eigenvalue weighted by Crippen LogP contribution is 2.37. The third kappa shape index (κ3) is 6.42. The summed E-state index contributed by atoms with van der Waals surface area (Å²) < 4.78 is 9.00. The average molecular weight is 513 g/mol. The van der Waals surface area contributed by atoms with Crippen LogP contribution in [0.4, 0.5) is 0 Å². The first-order chi connectivity index (χ1) is 17.2. The van der Waals surface area contributed by atoms with Gasteiger partial charge in [-0.2, -0.15) is 5.26 Å². The van der Waals surface area contributed by atoms with Gasteiger partial charge in [0.2, 0.25) is 11.8 Å². The highest BCUT2D eigenvalue weighted by Gasteiger charge is 2.34. The van der Waals surface area contributed by atoms with Crippen molar-refractivity contribution in [3.8, 4) is 6.07 Å². The predicted octanol–water partition coefficient (Wildman–Crippen LogP) is 2.39. The van der Waals surface area contributed by atoms with Gasteiger partial charge < -0.3 is 24.5 Å². The zero-order valence-electron chi connectivity index (χ0n) is 21.3. The van der Waals surface area contributed by atoms with Crippen LogP contribution in [0.25, 0.3) is 11.0 Å². The maximum absolute atomic E-state index is 13.6. The standard InChI is InChI=1S/C25H36N6O4Si/c1-36(2,3)11-10-35-16-30-15-28-20-7-9-31(25(34)22(20)30)21(12-17-4-5-17)24(33)29-19(14-26)13-18-6-8-27-23(18)32/h7,9,15,17-19,21H,4-6,8,10-13,16H2,1-3H3,(H,27,32)(H,29,33)/t18-,19-,21?/m0/s1. The van der Waals surface area contributed by atoms with E-state index < -0.39 is 20.2 Å². The van der Waals surface area contributed by atoms with E-state index in [9.17, 15) is 19.6 Å². The summed E-state index contributed by atoms with van der Waals surface area (Å²) in [5.41, 5.74) is 0.652. The molecule has 2 amide bonds. The SMILES string of the molecule is C[Si](C)(C)CCOCn1cnc2ccn(C(CC3CC3)C(=O)N[C@H](C#N)C[C@@H]3CCNC3=O)c(=O)c21. The number of nitrogens with zero attached hydrogens (tertiary/aromatic N) is 4. The van der Waals surface area contributed by atoms with E-state index in [1.54, 1.807) is 23.2 Å². The predicted molar refractivity (Wildman–Crippen MR) is 138 cm³/mol. The molecular formula is C25H36N6O4Si. The molecule has 2 fully saturated rings. The van der Waals surface area contributed by atoms with Crippen molar-refractivity contribution in [2.45, 2.75) is 76.6 Å². The number of pyridine rings is 1. The Hall–Kier alpha value is -2.97. The number of aromatic nitrogens is 3. The first-order valence-corrected chi connectivity index (χ1v) is 16.5. The second-order valence-corrected chi connectivity index (χ2v) is 16.8. The number of carbonyl (C=O) groups excluding carboxylic acids is 2. The molecule has 2 aromatic heterocycles. The molecule has 4 rings (SSSR count). The number of rotatable bonds is 12. The van der Waals surface area contributed by atoms with Crippen LogP contribution >= 0.6 is 0 Å². The second kappa shape index (κ2) is 11.0. The van der Waals surface area contributed by atoms with Gasteiger partial charge in [-0.1, -0.05) is 32.5 Å². The largest absolute Gasteiger partial charge is 0.361 e. The minimum Gasteiger partial charge on any atom is -0.361 e. The fourth-order valence-corrected chi connectivity index (χ4v) is 5.32. The van der Waals surface area contributed by atoms with Crippen molar-refractivity contribution in [3.05, 3.63) is 28.9 Å². The first kappa shape index (κ1) is 26.1. The van der Waals surface area contributed by atoms with Gasteiger partial charge in [-0.15, -0.1) is 0 Å². The van der Waals surface area contributed by atoms with Crippen LogP contribution in [0.15, 0.2) is 23.4 Å². The third-order valence-corrected chi connectivity index (χ3v) is 8.67. The summed E-state index contributed by atoms with van der Waals surface area (Å²) in [6.07, 6.45) is 6.70. The molecule has 1 saturated carbocycles. The maximum atomic E-state index is 13.6. The zero-order chi connectivity index (χ0) is 25.9. The molecule has 1 aliphatic carbocycles. The number of nitrogens with one attached hydrogen (secondary N) is 2. The van der Waals surface area contributed by atoms with Gasteiger partial charge in [0.15, 0.2) is 0 Å². The lowest BCUT2D eigenvalue weighted by atomic mass is 9.98. The number of imidazole rings is 1. The van der Waals surface area contributed by atoms with Gasteiger partial charge in [0.05, 0.1) is 17.9 Å². The molecule has 1 saturated heterocycles. The van der Waals surface area contributed by atoms with E-state index in [1.165, 1.54) is 4.57 Å². The quantitative estimate of drug-likeness (QED) is 0.332. The van der Waals surface area contributed by atoms with E-state index in [4.69, 9.17) is 4.74 Å². The second-order valence-electron chi connectivity index (χ2n) is 11.2. The summed E-state index contributed by atoms with van der Waals surface area (Å²) in [6, 6.07) is 3.35. The smallest absolute Gasteiger partial charge is 0.277 e. The molecule has 194 valence electrons. The highest BCUT2D eigenvalue weighted by atomic mass is 28.3. The molecule has 3 atom stereocenters. The molecule has 2 aromatic rings. The highest BCUT2D eigenvalue weighted by molar-refractivity contribution is 6.76. The lowest BCUT2D eigenvalue weighted by Gasteiger charge is -2.22. The van der Waals surface area contributed by atoms with Crippen molar-refractivity contribution in [2.75, 3.05) is 13.2 Å². The summed E-state index contributed by atoms with van der Waals surface area (Å²) in [6.45, 7) is 8.28.